The highest BCUT2D eigenvalue weighted by molar-refractivity contribution is 5.79. The molecule has 3 heteroatoms. The van der Waals surface area contributed by atoms with Crippen molar-refractivity contribution in [2.45, 2.75) is 45.4 Å². The molecule has 0 aromatic rings. The van der Waals surface area contributed by atoms with Crippen LogP contribution in [0, 0.1) is 0 Å². The predicted octanol–water partition coefficient (Wildman–Crippen LogP) is 0.726. The second kappa shape index (κ2) is 2.48. The van der Waals surface area contributed by atoms with Crippen LogP contribution in [-0.4, -0.2) is 27.7 Å². The van der Waals surface area contributed by atoms with Gasteiger partial charge in [-0.1, -0.05) is 0 Å². The first-order chi connectivity index (χ1) is 4.93. The van der Waals surface area contributed by atoms with Crippen molar-refractivity contribution in [2.24, 2.45) is 0 Å². The molecule has 1 N–H and O–H groups in total. The lowest BCUT2D eigenvalue weighted by Gasteiger charge is -2.34. The average molecular weight is 157 g/mol. The minimum Gasteiger partial charge on any atom is -0.373 e. The van der Waals surface area contributed by atoms with Crippen LogP contribution >= 0.6 is 0 Å². The Morgan fingerprint density at radius 1 is 1.55 bits per heavy atom. The van der Waals surface area contributed by atoms with Gasteiger partial charge < -0.3 is 10.0 Å². The van der Waals surface area contributed by atoms with Gasteiger partial charge in [-0.15, -0.1) is 0 Å². The van der Waals surface area contributed by atoms with E-state index in [1.165, 1.54) is 0 Å². The summed E-state index contributed by atoms with van der Waals surface area (Å²) in [6, 6.07) is 0. The summed E-state index contributed by atoms with van der Waals surface area (Å²) < 4.78 is 0. The third-order valence-corrected chi connectivity index (χ3v) is 1.91. The summed E-state index contributed by atoms with van der Waals surface area (Å²) in [6.07, 6.45) is 0.497. The topological polar surface area (TPSA) is 40.5 Å². The summed E-state index contributed by atoms with van der Waals surface area (Å²) >= 11 is 0. The molecule has 0 aromatic heterocycles. The molecule has 1 heterocycles. The Balaban J connectivity index is 2.77. The van der Waals surface area contributed by atoms with Gasteiger partial charge in [0.25, 0.3) is 0 Å². The van der Waals surface area contributed by atoms with Crippen molar-refractivity contribution in [3.63, 3.8) is 0 Å². The molecular weight excluding hydrogens is 142 g/mol. The number of carbonyl (C=O) groups is 1. The fourth-order valence-corrected chi connectivity index (χ4v) is 1.49. The van der Waals surface area contributed by atoms with Gasteiger partial charge in [0.2, 0.25) is 5.91 Å². The number of aliphatic hydroxyl groups is 1. The van der Waals surface area contributed by atoms with Gasteiger partial charge >= 0.3 is 0 Å². The zero-order valence-electron chi connectivity index (χ0n) is 7.29. The molecule has 1 unspecified atom stereocenters. The van der Waals surface area contributed by atoms with E-state index in [-0.39, 0.29) is 11.4 Å². The van der Waals surface area contributed by atoms with Crippen LogP contribution in [0.5, 0.6) is 0 Å². The summed E-state index contributed by atoms with van der Waals surface area (Å²) in [5, 5.41) is 9.40. The van der Waals surface area contributed by atoms with Crippen molar-refractivity contribution < 1.29 is 9.90 Å². The minimum atomic E-state index is -0.567. The van der Waals surface area contributed by atoms with E-state index in [0.717, 1.165) is 0 Å². The zero-order chi connectivity index (χ0) is 8.65. The number of carbonyl (C=O) groups excluding carboxylic acids is 1. The molecule has 64 valence electrons. The summed E-state index contributed by atoms with van der Waals surface area (Å²) in [6.45, 7) is 5.79. The van der Waals surface area contributed by atoms with Crippen LogP contribution in [0.3, 0.4) is 0 Å². The highest BCUT2D eigenvalue weighted by Crippen LogP contribution is 2.25. The van der Waals surface area contributed by atoms with Gasteiger partial charge in [-0.05, 0) is 20.8 Å². The van der Waals surface area contributed by atoms with E-state index in [1.54, 1.807) is 4.90 Å². The molecule has 1 aliphatic heterocycles. The first-order valence-corrected chi connectivity index (χ1v) is 3.93. The highest BCUT2D eigenvalue weighted by Gasteiger charge is 2.36. The largest absolute Gasteiger partial charge is 0.373 e. The fourth-order valence-electron chi connectivity index (χ4n) is 1.49. The zero-order valence-corrected chi connectivity index (χ0v) is 7.29. The molecule has 11 heavy (non-hydrogen) atoms. The molecule has 0 spiro atoms. The quantitative estimate of drug-likeness (QED) is 0.563. The van der Waals surface area contributed by atoms with E-state index >= 15 is 0 Å². The fraction of sp³-hybridized carbons (Fsp3) is 0.875. The SMILES string of the molecule is CC(C)(C)N1C(=O)CCC1O. The number of aliphatic hydroxyl groups excluding tert-OH is 1. The molecule has 0 aliphatic carbocycles. The Morgan fingerprint density at radius 2 is 2.09 bits per heavy atom. The smallest absolute Gasteiger partial charge is 0.225 e. The average Bonchev–Trinajstić information content (AvgIpc) is 2.08. The Kier molecular flexibility index (Phi) is 1.92. The van der Waals surface area contributed by atoms with E-state index in [9.17, 15) is 9.90 Å². The Bertz CT molecular complexity index is 171. The Morgan fingerprint density at radius 3 is 2.27 bits per heavy atom. The number of likely N-dealkylation sites (tertiary alicyclic amines) is 1. The first-order valence-electron chi connectivity index (χ1n) is 3.93. The lowest BCUT2D eigenvalue weighted by molar-refractivity contribution is -0.140. The van der Waals surface area contributed by atoms with Crippen molar-refractivity contribution in [3.8, 4) is 0 Å². The van der Waals surface area contributed by atoms with E-state index in [4.69, 9.17) is 0 Å². The number of hydrogen-bond acceptors (Lipinski definition) is 2. The molecule has 0 aromatic carbocycles. The number of rotatable bonds is 0. The number of nitrogens with zero attached hydrogens (tertiary/aromatic N) is 1. The molecule has 1 fully saturated rings. The van der Waals surface area contributed by atoms with Gasteiger partial charge in [-0.2, -0.15) is 0 Å². The van der Waals surface area contributed by atoms with Gasteiger partial charge in [-0.3, -0.25) is 4.79 Å². The highest BCUT2D eigenvalue weighted by atomic mass is 16.3. The summed E-state index contributed by atoms with van der Waals surface area (Å²) in [4.78, 5) is 12.7. The van der Waals surface area contributed by atoms with E-state index in [0.29, 0.717) is 12.8 Å². The standard InChI is InChI=1S/C8H15NO2/c1-8(2,3)9-6(10)4-5-7(9)11/h6,10H,4-5H2,1-3H3. The van der Waals surface area contributed by atoms with Gasteiger partial charge in [-0.25, -0.2) is 0 Å². The lowest BCUT2D eigenvalue weighted by atomic mass is 10.1. The number of hydrogen-bond donors (Lipinski definition) is 1. The van der Waals surface area contributed by atoms with Gasteiger partial charge in [0.05, 0.1) is 0 Å². The first kappa shape index (κ1) is 8.53. The van der Waals surface area contributed by atoms with Crippen LogP contribution in [0.15, 0.2) is 0 Å². The summed E-state index contributed by atoms with van der Waals surface area (Å²) in [5.41, 5.74) is -0.243. The van der Waals surface area contributed by atoms with Crippen molar-refractivity contribution in [2.75, 3.05) is 0 Å². The maximum Gasteiger partial charge on any atom is 0.225 e. The maximum absolute atomic E-state index is 11.2. The van der Waals surface area contributed by atoms with Gasteiger partial charge in [0.1, 0.15) is 6.23 Å². The summed E-state index contributed by atoms with van der Waals surface area (Å²) in [5.74, 6) is 0.0602. The molecule has 1 saturated heterocycles. The van der Waals surface area contributed by atoms with Crippen molar-refractivity contribution in [3.05, 3.63) is 0 Å². The predicted molar refractivity (Wildman–Crippen MR) is 41.8 cm³/mol. The van der Waals surface area contributed by atoms with E-state index in [1.807, 2.05) is 20.8 Å². The normalized spacial score (nSPS) is 26.4. The van der Waals surface area contributed by atoms with Crippen LogP contribution in [0.2, 0.25) is 0 Å². The molecule has 0 radical (unpaired) electrons. The molecule has 3 nitrogen and oxygen atoms in total. The minimum absolute atomic E-state index is 0.0602. The van der Waals surface area contributed by atoms with Crippen LogP contribution in [0.1, 0.15) is 33.6 Å². The van der Waals surface area contributed by atoms with Gasteiger partial charge in [0.15, 0.2) is 0 Å². The van der Waals surface area contributed by atoms with Crippen LogP contribution in [0.25, 0.3) is 0 Å². The molecule has 1 atom stereocenters. The molecule has 0 bridgehead atoms. The second-order valence-corrected chi connectivity index (χ2v) is 3.95. The molecule has 0 saturated carbocycles. The monoisotopic (exact) mass is 157 g/mol. The van der Waals surface area contributed by atoms with Gasteiger partial charge in [0, 0.05) is 18.4 Å². The molecule has 1 aliphatic rings. The van der Waals surface area contributed by atoms with Crippen molar-refractivity contribution in [1.29, 1.82) is 0 Å². The third-order valence-electron chi connectivity index (χ3n) is 1.91. The van der Waals surface area contributed by atoms with Crippen LogP contribution < -0.4 is 0 Å². The van der Waals surface area contributed by atoms with Crippen molar-refractivity contribution >= 4 is 5.91 Å². The second-order valence-electron chi connectivity index (χ2n) is 3.95. The molecule has 1 amide bonds. The number of amides is 1. The van der Waals surface area contributed by atoms with E-state index < -0.39 is 6.23 Å². The Hall–Kier alpha value is -0.570. The lowest BCUT2D eigenvalue weighted by Crippen LogP contribution is -2.46. The van der Waals surface area contributed by atoms with Crippen LogP contribution in [0.4, 0.5) is 0 Å². The molecule has 1 rings (SSSR count). The van der Waals surface area contributed by atoms with Crippen LogP contribution in [-0.2, 0) is 4.79 Å². The van der Waals surface area contributed by atoms with Crippen molar-refractivity contribution in [1.82, 2.24) is 4.90 Å². The molecular formula is C8H15NO2. The Labute approximate surface area is 67.0 Å². The third kappa shape index (κ3) is 1.53. The van der Waals surface area contributed by atoms with E-state index in [2.05, 4.69) is 0 Å². The maximum atomic E-state index is 11.2. The summed E-state index contributed by atoms with van der Waals surface area (Å²) in [7, 11) is 0.